The number of hydrogen-bond acceptors (Lipinski definition) is 4. The van der Waals surface area contributed by atoms with Gasteiger partial charge in [-0.3, -0.25) is 0 Å². The number of benzene rings is 2. The molecule has 1 aromatic heterocycles. The van der Waals surface area contributed by atoms with Crippen molar-refractivity contribution in [2.75, 3.05) is 7.11 Å². The number of tetrazole rings is 1. The molecule has 5 nitrogen and oxygen atoms in total. The van der Waals surface area contributed by atoms with Gasteiger partial charge in [0.2, 0.25) is 0 Å². The van der Waals surface area contributed by atoms with E-state index >= 15 is 0 Å². The molecular formula is C21H15F3N4O. The number of H-pyrrole nitrogens is 1. The lowest BCUT2D eigenvalue weighted by molar-refractivity contribution is -0.137. The number of methoxy groups -OCH3 is 1. The summed E-state index contributed by atoms with van der Waals surface area (Å²) in [6, 6.07) is 9.26. The zero-order chi connectivity index (χ0) is 20.3. The van der Waals surface area contributed by atoms with Crippen molar-refractivity contribution >= 4 is 16.7 Å². The summed E-state index contributed by atoms with van der Waals surface area (Å²) in [5.41, 5.74) is 6.43. The Labute approximate surface area is 163 Å². The number of halogens is 3. The Morgan fingerprint density at radius 2 is 1.90 bits per heavy atom. The second-order valence-electron chi connectivity index (χ2n) is 7.00. The van der Waals surface area contributed by atoms with Crippen molar-refractivity contribution in [3.05, 3.63) is 75.6 Å². The Morgan fingerprint density at radius 1 is 1.07 bits per heavy atom. The molecule has 2 aliphatic carbocycles. The number of allylic oxidation sites excluding steroid dienone is 3. The zero-order valence-corrected chi connectivity index (χ0v) is 15.6. The largest absolute Gasteiger partial charge is 0.496 e. The maximum absolute atomic E-state index is 13.3. The summed E-state index contributed by atoms with van der Waals surface area (Å²) in [7, 11) is 1.56. The normalized spacial score (nSPS) is 14.9. The van der Waals surface area contributed by atoms with Crippen LogP contribution in [0.25, 0.3) is 16.7 Å². The molecule has 0 fully saturated rings. The van der Waals surface area contributed by atoms with Crippen LogP contribution in [0.15, 0.2) is 42.0 Å². The number of aromatic nitrogens is 4. The summed E-state index contributed by atoms with van der Waals surface area (Å²) in [6.45, 7) is 1.98. The molecule has 0 spiro atoms. The highest BCUT2D eigenvalue weighted by molar-refractivity contribution is 6.21. The van der Waals surface area contributed by atoms with E-state index in [2.05, 4.69) is 20.6 Å². The minimum Gasteiger partial charge on any atom is -0.496 e. The molecule has 2 aromatic carbocycles. The standard InChI is InChI=1S/C21H15F3N4O/c1-10-14(9-16-25-27-28-26-16)19-13-6-7-15(29-2)20(19)18(17(10)13)11-4-3-5-12(8-11)21(22,23)24/h3-8H,9H2,1-2H3,(H,25,26,27,28). The van der Waals surface area contributed by atoms with Crippen LogP contribution in [-0.4, -0.2) is 27.7 Å². The quantitative estimate of drug-likeness (QED) is 0.704. The highest BCUT2D eigenvalue weighted by Gasteiger charge is 2.39. The molecular weight excluding hydrogens is 381 g/mol. The van der Waals surface area contributed by atoms with E-state index in [1.54, 1.807) is 13.2 Å². The van der Waals surface area contributed by atoms with Crippen LogP contribution < -0.4 is 4.74 Å². The van der Waals surface area contributed by atoms with E-state index < -0.39 is 11.7 Å². The molecule has 29 heavy (non-hydrogen) atoms. The van der Waals surface area contributed by atoms with Gasteiger partial charge >= 0.3 is 6.18 Å². The fourth-order valence-electron chi connectivity index (χ4n) is 4.29. The lowest BCUT2D eigenvalue weighted by Crippen LogP contribution is -2.06. The third-order valence-electron chi connectivity index (χ3n) is 5.49. The maximum Gasteiger partial charge on any atom is 0.416 e. The fraction of sp³-hybridized carbons (Fsp3) is 0.190. The van der Waals surface area contributed by atoms with Crippen LogP contribution in [0.2, 0.25) is 0 Å². The van der Waals surface area contributed by atoms with Gasteiger partial charge in [-0.2, -0.15) is 18.4 Å². The number of aromatic amines is 1. The third-order valence-corrected chi connectivity index (χ3v) is 5.49. The number of hydrogen-bond donors (Lipinski definition) is 1. The van der Waals surface area contributed by atoms with E-state index in [0.29, 0.717) is 23.6 Å². The molecule has 0 atom stereocenters. The summed E-state index contributed by atoms with van der Waals surface area (Å²) in [4.78, 5) is 0. The number of nitrogens with zero attached hydrogens (tertiary/aromatic N) is 3. The van der Waals surface area contributed by atoms with Crippen LogP contribution in [0.1, 0.15) is 40.6 Å². The first-order valence-corrected chi connectivity index (χ1v) is 8.96. The number of rotatable bonds is 4. The Kier molecular flexibility index (Phi) is 3.68. The third kappa shape index (κ3) is 2.52. The molecule has 0 amide bonds. The Morgan fingerprint density at radius 3 is 2.59 bits per heavy atom. The van der Waals surface area contributed by atoms with Crippen LogP contribution in [0.5, 0.6) is 5.75 Å². The van der Waals surface area contributed by atoms with Gasteiger partial charge in [-0.25, -0.2) is 0 Å². The minimum atomic E-state index is -4.40. The van der Waals surface area contributed by atoms with Gasteiger partial charge in [0.1, 0.15) is 5.75 Å². The molecule has 0 unspecified atom stereocenters. The number of ether oxygens (including phenoxy) is 1. The average molecular weight is 396 g/mol. The molecule has 3 aromatic rings. The lowest BCUT2D eigenvalue weighted by Gasteiger charge is -2.19. The lowest BCUT2D eigenvalue weighted by atomic mass is 9.86. The van der Waals surface area contributed by atoms with E-state index in [0.717, 1.165) is 45.0 Å². The summed E-state index contributed by atoms with van der Waals surface area (Å²) in [6.07, 6.45) is -3.92. The molecule has 1 N–H and O–H groups in total. The predicted octanol–water partition coefficient (Wildman–Crippen LogP) is 4.53. The molecule has 0 aliphatic heterocycles. The molecule has 146 valence electrons. The minimum absolute atomic E-state index is 0.481. The van der Waals surface area contributed by atoms with Crippen molar-refractivity contribution in [3.8, 4) is 5.75 Å². The molecule has 4 bridgehead atoms. The first kappa shape index (κ1) is 17.7. The van der Waals surface area contributed by atoms with Crippen LogP contribution in [0.3, 0.4) is 0 Å². The highest BCUT2D eigenvalue weighted by Crippen LogP contribution is 2.58. The first-order valence-electron chi connectivity index (χ1n) is 8.96. The van der Waals surface area contributed by atoms with Crippen molar-refractivity contribution in [2.24, 2.45) is 0 Å². The molecule has 8 heteroatoms. The Bertz CT molecular complexity index is 1210. The van der Waals surface area contributed by atoms with Gasteiger partial charge in [0.05, 0.1) is 12.7 Å². The van der Waals surface area contributed by atoms with Gasteiger partial charge in [0, 0.05) is 17.6 Å². The van der Waals surface area contributed by atoms with E-state index in [1.807, 2.05) is 19.1 Å². The van der Waals surface area contributed by atoms with Gasteiger partial charge in [-0.1, -0.05) is 23.4 Å². The molecule has 0 radical (unpaired) electrons. The van der Waals surface area contributed by atoms with Crippen molar-refractivity contribution in [1.82, 2.24) is 20.6 Å². The molecule has 5 rings (SSSR count). The summed E-state index contributed by atoms with van der Waals surface area (Å²) < 4.78 is 45.5. The summed E-state index contributed by atoms with van der Waals surface area (Å²) >= 11 is 0. The second kappa shape index (κ2) is 6.04. The van der Waals surface area contributed by atoms with Gasteiger partial charge < -0.3 is 4.74 Å². The fourth-order valence-corrected chi connectivity index (χ4v) is 4.29. The van der Waals surface area contributed by atoms with Crippen LogP contribution >= 0.6 is 0 Å². The van der Waals surface area contributed by atoms with Gasteiger partial charge in [-0.05, 0) is 58.5 Å². The van der Waals surface area contributed by atoms with Crippen molar-refractivity contribution in [3.63, 3.8) is 0 Å². The zero-order valence-electron chi connectivity index (χ0n) is 15.6. The SMILES string of the molecule is COc1ccc2c3c1C(c1cccc(C(F)(F)F)c1)=C2C(C)=C3Cc1nn[nH]n1. The van der Waals surface area contributed by atoms with Crippen molar-refractivity contribution in [2.45, 2.75) is 19.5 Å². The first-order chi connectivity index (χ1) is 13.9. The van der Waals surface area contributed by atoms with Crippen LogP contribution in [-0.2, 0) is 12.6 Å². The number of nitrogens with one attached hydrogen (secondary N) is 1. The van der Waals surface area contributed by atoms with Crippen molar-refractivity contribution in [1.29, 1.82) is 0 Å². The van der Waals surface area contributed by atoms with Crippen molar-refractivity contribution < 1.29 is 17.9 Å². The molecule has 0 saturated carbocycles. The Balaban J connectivity index is 1.73. The monoisotopic (exact) mass is 396 g/mol. The van der Waals surface area contributed by atoms with Crippen LogP contribution in [0, 0.1) is 0 Å². The highest BCUT2D eigenvalue weighted by atomic mass is 19.4. The molecule has 1 heterocycles. The average Bonchev–Trinajstić information content (AvgIpc) is 3.35. The summed E-state index contributed by atoms with van der Waals surface area (Å²) in [5, 5.41) is 14.1. The van der Waals surface area contributed by atoms with Gasteiger partial charge in [0.25, 0.3) is 0 Å². The smallest absolute Gasteiger partial charge is 0.416 e. The van der Waals surface area contributed by atoms with E-state index in [9.17, 15) is 13.2 Å². The van der Waals surface area contributed by atoms with Gasteiger partial charge in [-0.15, -0.1) is 10.2 Å². The maximum atomic E-state index is 13.3. The van der Waals surface area contributed by atoms with Gasteiger partial charge in [0.15, 0.2) is 5.82 Å². The topological polar surface area (TPSA) is 63.7 Å². The molecule has 2 aliphatic rings. The van der Waals surface area contributed by atoms with E-state index in [-0.39, 0.29) is 0 Å². The predicted molar refractivity (Wildman–Crippen MR) is 101 cm³/mol. The Hall–Kier alpha value is -3.42. The van der Waals surface area contributed by atoms with Crippen LogP contribution in [0.4, 0.5) is 13.2 Å². The molecule has 0 saturated heterocycles. The second-order valence-corrected chi connectivity index (χ2v) is 7.00. The summed E-state index contributed by atoms with van der Waals surface area (Å²) in [5.74, 6) is 1.19. The van der Waals surface area contributed by atoms with E-state index in [4.69, 9.17) is 4.74 Å². The number of alkyl halides is 3. The van der Waals surface area contributed by atoms with E-state index in [1.165, 1.54) is 12.1 Å².